The molecule has 0 bridgehead atoms. The molecule has 24 heavy (non-hydrogen) atoms. The lowest BCUT2D eigenvalue weighted by atomic mass is 9.91. The molecule has 126 valence electrons. The summed E-state index contributed by atoms with van der Waals surface area (Å²) in [5.74, 6) is -0.951. The van der Waals surface area contributed by atoms with Crippen LogP contribution in [0.15, 0.2) is 24.3 Å². The number of benzene rings is 1. The van der Waals surface area contributed by atoms with Crippen molar-refractivity contribution in [1.82, 2.24) is 4.98 Å². The van der Waals surface area contributed by atoms with Crippen molar-refractivity contribution in [2.45, 2.75) is 31.6 Å². The van der Waals surface area contributed by atoms with Crippen LogP contribution >= 0.6 is 11.3 Å². The minimum atomic E-state index is -0.854. The molecule has 3 rings (SSSR count). The zero-order chi connectivity index (χ0) is 17.1. The van der Waals surface area contributed by atoms with E-state index >= 15 is 0 Å². The summed E-state index contributed by atoms with van der Waals surface area (Å²) in [4.78, 5) is 28.9. The van der Waals surface area contributed by atoms with E-state index in [0.717, 1.165) is 23.3 Å². The monoisotopic (exact) mass is 346 g/mol. The van der Waals surface area contributed by atoms with Crippen molar-refractivity contribution in [2.24, 2.45) is 0 Å². The van der Waals surface area contributed by atoms with Crippen molar-refractivity contribution >= 4 is 28.3 Å². The smallest absolute Gasteiger partial charge is 0.312 e. The summed E-state index contributed by atoms with van der Waals surface area (Å²) in [6.07, 6.45) is 2.43. The first-order valence-corrected chi connectivity index (χ1v) is 8.54. The Balaban J connectivity index is 1.72. The first kappa shape index (κ1) is 16.4. The highest BCUT2D eigenvalue weighted by molar-refractivity contribution is 7.15. The summed E-state index contributed by atoms with van der Waals surface area (Å²) in [7, 11) is 1.57. The number of aryl methyl sites for hydroxylation is 1. The van der Waals surface area contributed by atoms with Crippen molar-refractivity contribution in [3.05, 3.63) is 40.4 Å². The summed E-state index contributed by atoms with van der Waals surface area (Å²) < 4.78 is 5.24. The number of amides is 1. The van der Waals surface area contributed by atoms with Gasteiger partial charge < -0.3 is 15.2 Å². The standard InChI is InChI=1S/C17H18N2O4S/c1-23-12-7-3-2-5-10(12)9-14(20)18-17-19-15-11(16(21)22)6-4-8-13(15)24-17/h2-3,5,7,11H,4,6,8-9H2,1H3,(H,21,22)(H,18,19,20). The van der Waals surface area contributed by atoms with Crippen LogP contribution < -0.4 is 10.1 Å². The van der Waals surface area contributed by atoms with Gasteiger partial charge >= 0.3 is 5.97 Å². The van der Waals surface area contributed by atoms with Crippen LogP contribution in [0.2, 0.25) is 0 Å². The topological polar surface area (TPSA) is 88.5 Å². The molecule has 7 heteroatoms. The highest BCUT2D eigenvalue weighted by atomic mass is 32.1. The van der Waals surface area contributed by atoms with Gasteiger partial charge in [-0.25, -0.2) is 4.98 Å². The maximum Gasteiger partial charge on any atom is 0.312 e. The molecule has 2 aromatic rings. The minimum Gasteiger partial charge on any atom is -0.496 e. The highest BCUT2D eigenvalue weighted by Gasteiger charge is 2.30. The molecule has 1 heterocycles. The van der Waals surface area contributed by atoms with Crippen LogP contribution in [0.3, 0.4) is 0 Å². The fourth-order valence-electron chi connectivity index (χ4n) is 2.90. The fourth-order valence-corrected chi connectivity index (χ4v) is 3.98. The molecule has 0 saturated heterocycles. The number of hydrogen-bond acceptors (Lipinski definition) is 5. The molecule has 1 aromatic carbocycles. The quantitative estimate of drug-likeness (QED) is 0.869. The number of thiazole rings is 1. The molecule has 1 amide bonds. The maximum atomic E-state index is 12.3. The fraction of sp³-hybridized carbons (Fsp3) is 0.353. The molecular weight excluding hydrogens is 328 g/mol. The highest BCUT2D eigenvalue weighted by Crippen LogP contribution is 2.36. The largest absolute Gasteiger partial charge is 0.496 e. The molecule has 0 aliphatic heterocycles. The number of carboxylic acids is 1. The van der Waals surface area contributed by atoms with Crippen LogP contribution in [0, 0.1) is 0 Å². The van der Waals surface area contributed by atoms with Gasteiger partial charge in [0.25, 0.3) is 0 Å². The number of hydrogen-bond donors (Lipinski definition) is 2. The average molecular weight is 346 g/mol. The second-order valence-corrected chi connectivity index (χ2v) is 6.73. The number of methoxy groups -OCH3 is 1. The molecule has 0 radical (unpaired) electrons. The van der Waals surface area contributed by atoms with Gasteiger partial charge in [-0.3, -0.25) is 9.59 Å². The Hall–Kier alpha value is -2.41. The SMILES string of the molecule is COc1ccccc1CC(=O)Nc1nc2c(s1)CCCC2C(=O)O. The third kappa shape index (κ3) is 3.41. The van der Waals surface area contributed by atoms with E-state index in [-0.39, 0.29) is 12.3 Å². The van der Waals surface area contributed by atoms with Gasteiger partial charge in [-0.15, -0.1) is 11.3 Å². The Morgan fingerprint density at radius 3 is 2.96 bits per heavy atom. The zero-order valence-electron chi connectivity index (χ0n) is 13.2. The molecule has 1 atom stereocenters. The van der Waals surface area contributed by atoms with Gasteiger partial charge in [-0.1, -0.05) is 18.2 Å². The number of aliphatic carboxylic acids is 1. The number of rotatable bonds is 5. The molecule has 1 aliphatic rings. The van der Waals surface area contributed by atoms with E-state index < -0.39 is 11.9 Å². The third-order valence-corrected chi connectivity index (χ3v) is 5.09. The minimum absolute atomic E-state index is 0.177. The van der Waals surface area contributed by atoms with E-state index in [2.05, 4.69) is 10.3 Å². The van der Waals surface area contributed by atoms with E-state index in [9.17, 15) is 14.7 Å². The summed E-state index contributed by atoms with van der Waals surface area (Å²) in [6, 6.07) is 7.35. The van der Waals surface area contributed by atoms with Crippen molar-refractivity contribution in [3.63, 3.8) is 0 Å². The van der Waals surface area contributed by atoms with E-state index in [4.69, 9.17) is 4.74 Å². The van der Waals surface area contributed by atoms with Gasteiger partial charge in [0.1, 0.15) is 11.7 Å². The number of nitrogens with one attached hydrogen (secondary N) is 1. The van der Waals surface area contributed by atoms with Gasteiger partial charge in [0, 0.05) is 10.4 Å². The number of para-hydroxylation sites is 1. The molecule has 0 fully saturated rings. The molecule has 1 unspecified atom stereocenters. The number of carbonyl (C=O) groups is 2. The van der Waals surface area contributed by atoms with Gasteiger partial charge in [-0.05, 0) is 25.3 Å². The summed E-state index contributed by atoms with van der Waals surface area (Å²) >= 11 is 1.37. The maximum absolute atomic E-state index is 12.3. The molecule has 0 saturated carbocycles. The van der Waals surface area contributed by atoms with E-state index in [1.165, 1.54) is 11.3 Å². The van der Waals surface area contributed by atoms with Crippen LogP contribution in [-0.2, 0) is 22.4 Å². The van der Waals surface area contributed by atoms with Gasteiger partial charge in [0.15, 0.2) is 5.13 Å². The Labute approximate surface area is 143 Å². The Morgan fingerprint density at radius 1 is 1.42 bits per heavy atom. The van der Waals surface area contributed by atoms with Gasteiger partial charge in [0.2, 0.25) is 5.91 Å². The van der Waals surface area contributed by atoms with E-state index in [1.54, 1.807) is 7.11 Å². The lowest BCUT2D eigenvalue weighted by Crippen LogP contribution is -2.18. The van der Waals surface area contributed by atoms with Crippen molar-refractivity contribution in [2.75, 3.05) is 12.4 Å². The number of ether oxygens (including phenoxy) is 1. The van der Waals surface area contributed by atoms with Crippen molar-refractivity contribution in [1.29, 1.82) is 0 Å². The number of carbonyl (C=O) groups excluding carboxylic acids is 1. The molecule has 2 N–H and O–H groups in total. The number of fused-ring (bicyclic) bond motifs is 1. The third-order valence-electron chi connectivity index (χ3n) is 4.04. The van der Waals surface area contributed by atoms with Gasteiger partial charge in [0.05, 0.1) is 19.2 Å². The lowest BCUT2D eigenvalue weighted by Gasteiger charge is -2.16. The Kier molecular flexibility index (Phi) is 4.80. The van der Waals surface area contributed by atoms with Crippen LogP contribution in [0.4, 0.5) is 5.13 Å². The number of nitrogens with zero attached hydrogens (tertiary/aromatic N) is 1. The predicted molar refractivity (Wildman–Crippen MR) is 90.8 cm³/mol. The second-order valence-electron chi connectivity index (χ2n) is 5.65. The van der Waals surface area contributed by atoms with Crippen LogP contribution in [0.5, 0.6) is 5.75 Å². The first-order chi connectivity index (χ1) is 11.6. The van der Waals surface area contributed by atoms with Crippen LogP contribution in [0.25, 0.3) is 0 Å². The van der Waals surface area contributed by atoms with Crippen LogP contribution in [0.1, 0.15) is 34.9 Å². The van der Waals surface area contributed by atoms with Crippen molar-refractivity contribution < 1.29 is 19.4 Å². The van der Waals surface area contributed by atoms with Gasteiger partial charge in [-0.2, -0.15) is 0 Å². The Bertz CT molecular complexity index is 772. The Morgan fingerprint density at radius 2 is 2.21 bits per heavy atom. The first-order valence-electron chi connectivity index (χ1n) is 7.72. The molecule has 1 aliphatic carbocycles. The lowest BCUT2D eigenvalue weighted by molar-refractivity contribution is -0.139. The number of aromatic nitrogens is 1. The van der Waals surface area contributed by atoms with E-state index in [0.29, 0.717) is 23.0 Å². The molecule has 0 spiro atoms. The second kappa shape index (κ2) is 7.00. The summed E-state index contributed by atoms with van der Waals surface area (Å²) in [5.41, 5.74) is 1.40. The number of anilines is 1. The molecule has 6 nitrogen and oxygen atoms in total. The number of carboxylic acid groups (broad SMARTS) is 1. The normalized spacial score (nSPS) is 16.3. The molecule has 1 aromatic heterocycles. The van der Waals surface area contributed by atoms with E-state index in [1.807, 2.05) is 24.3 Å². The van der Waals surface area contributed by atoms with Crippen LogP contribution in [-0.4, -0.2) is 29.1 Å². The average Bonchev–Trinajstić information content (AvgIpc) is 2.97. The summed E-state index contributed by atoms with van der Waals surface area (Å²) in [5, 5.41) is 12.5. The summed E-state index contributed by atoms with van der Waals surface area (Å²) in [6.45, 7) is 0. The van der Waals surface area contributed by atoms with Crippen molar-refractivity contribution in [3.8, 4) is 5.75 Å². The predicted octanol–water partition coefficient (Wildman–Crippen LogP) is 2.84. The molecular formula is C17H18N2O4S. The zero-order valence-corrected chi connectivity index (χ0v) is 14.1.